The quantitative estimate of drug-likeness (QED) is 0.808. The fourth-order valence-electron chi connectivity index (χ4n) is 1.07. The van der Waals surface area contributed by atoms with Gasteiger partial charge in [-0.15, -0.1) is 0 Å². The van der Waals surface area contributed by atoms with Crippen molar-refractivity contribution in [1.82, 2.24) is 4.72 Å². The van der Waals surface area contributed by atoms with Gasteiger partial charge in [-0.3, -0.25) is 0 Å². The number of rotatable bonds is 4. The highest BCUT2D eigenvalue weighted by Crippen LogP contribution is 2.16. The van der Waals surface area contributed by atoms with Crippen LogP contribution in [0.5, 0.6) is 0 Å². The smallest absolute Gasteiger partial charge is 0.240 e. The van der Waals surface area contributed by atoms with Crippen LogP contribution in [0.1, 0.15) is 5.56 Å². The summed E-state index contributed by atoms with van der Waals surface area (Å²) in [5.41, 5.74) is 6.88. The molecule has 6 heteroatoms. The number of halogens is 1. The SMILES string of the molecule is C=C(Cl)CNS(=O)(=O)c1ccc(N)c(C)c1. The molecule has 1 aromatic rings. The highest BCUT2D eigenvalue weighted by atomic mass is 35.5. The van der Waals surface area contributed by atoms with E-state index in [0.717, 1.165) is 0 Å². The zero-order valence-corrected chi connectivity index (χ0v) is 10.4. The molecule has 0 aromatic heterocycles. The molecule has 0 bridgehead atoms. The lowest BCUT2D eigenvalue weighted by Crippen LogP contribution is -2.24. The number of nitrogen functional groups attached to an aromatic ring is 1. The molecule has 0 heterocycles. The molecule has 0 spiro atoms. The van der Waals surface area contributed by atoms with Crippen LogP contribution in [-0.2, 0) is 10.0 Å². The summed E-state index contributed by atoms with van der Waals surface area (Å²) in [6.07, 6.45) is 0. The van der Waals surface area contributed by atoms with Crippen molar-refractivity contribution in [2.75, 3.05) is 12.3 Å². The number of nitrogens with two attached hydrogens (primary N) is 1. The number of sulfonamides is 1. The van der Waals surface area contributed by atoms with Crippen LogP contribution < -0.4 is 10.5 Å². The minimum Gasteiger partial charge on any atom is -0.399 e. The Morgan fingerprint density at radius 1 is 1.56 bits per heavy atom. The predicted molar refractivity (Wildman–Crippen MR) is 65.8 cm³/mol. The highest BCUT2D eigenvalue weighted by molar-refractivity contribution is 7.89. The summed E-state index contributed by atoms with van der Waals surface area (Å²) in [5.74, 6) is 0. The van der Waals surface area contributed by atoms with Gasteiger partial charge in [-0.1, -0.05) is 18.2 Å². The first-order valence-electron chi connectivity index (χ1n) is 4.52. The van der Waals surface area contributed by atoms with Gasteiger partial charge >= 0.3 is 0 Å². The van der Waals surface area contributed by atoms with Gasteiger partial charge in [0.15, 0.2) is 0 Å². The summed E-state index contributed by atoms with van der Waals surface area (Å²) in [5, 5.41) is 0.232. The highest BCUT2D eigenvalue weighted by Gasteiger charge is 2.14. The molecule has 1 aromatic carbocycles. The molecular weight excluding hydrogens is 248 g/mol. The van der Waals surface area contributed by atoms with Crippen molar-refractivity contribution in [2.24, 2.45) is 0 Å². The van der Waals surface area contributed by atoms with E-state index < -0.39 is 10.0 Å². The molecule has 0 aliphatic rings. The van der Waals surface area contributed by atoms with Gasteiger partial charge in [-0.2, -0.15) is 0 Å². The van der Waals surface area contributed by atoms with Crippen molar-refractivity contribution in [3.05, 3.63) is 35.4 Å². The molecule has 3 N–H and O–H groups in total. The predicted octanol–water partition coefficient (Wildman–Crippen LogP) is 1.61. The van der Waals surface area contributed by atoms with Crippen molar-refractivity contribution in [3.63, 3.8) is 0 Å². The third-order valence-electron chi connectivity index (χ3n) is 2.01. The molecule has 0 fully saturated rings. The molecule has 0 aliphatic carbocycles. The van der Waals surface area contributed by atoms with E-state index in [9.17, 15) is 8.42 Å². The van der Waals surface area contributed by atoms with E-state index in [2.05, 4.69) is 11.3 Å². The molecule has 1 rings (SSSR count). The number of benzene rings is 1. The lowest BCUT2D eigenvalue weighted by atomic mass is 10.2. The molecule has 0 amide bonds. The molecule has 0 atom stereocenters. The summed E-state index contributed by atoms with van der Waals surface area (Å²) in [6.45, 7) is 5.15. The lowest BCUT2D eigenvalue weighted by Gasteiger charge is -2.07. The van der Waals surface area contributed by atoms with Crippen LogP contribution in [0.3, 0.4) is 0 Å². The third-order valence-corrected chi connectivity index (χ3v) is 3.54. The Morgan fingerprint density at radius 2 is 2.19 bits per heavy atom. The van der Waals surface area contributed by atoms with Crippen LogP contribution in [0.25, 0.3) is 0 Å². The Hall–Kier alpha value is -1.04. The average Bonchev–Trinajstić information content (AvgIpc) is 2.19. The minimum atomic E-state index is -3.55. The first-order valence-corrected chi connectivity index (χ1v) is 6.38. The summed E-state index contributed by atoms with van der Waals surface area (Å²) < 4.78 is 25.8. The Balaban J connectivity index is 2.99. The van der Waals surface area contributed by atoms with E-state index in [1.54, 1.807) is 13.0 Å². The Morgan fingerprint density at radius 3 is 2.69 bits per heavy atom. The van der Waals surface area contributed by atoms with Crippen LogP contribution in [0.2, 0.25) is 0 Å². The van der Waals surface area contributed by atoms with Crippen molar-refractivity contribution >= 4 is 27.3 Å². The van der Waals surface area contributed by atoms with Crippen LogP contribution >= 0.6 is 11.6 Å². The van der Waals surface area contributed by atoms with Gasteiger partial charge < -0.3 is 5.73 Å². The van der Waals surface area contributed by atoms with Gasteiger partial charge in [0.25, 0.3) is 0 Å². The second kappa shape index (κ2) is 4.86. The van der Waals surface area contributed by atoms with Crippen molar-refractivity contribution < 1.29 is 8.42 Å². The van der Waals surface area contributed by atoms with Gasteiger partial charge in [0.1, 0.15) is 0 Å². The van der Waals surface area contributed by atoms with Gasteiger partial charge in [0.05, 0.1) is 4.90 Å². The number of anilines is 1. The van der Waals surface area contributed by atoms with E-state index >= 15 is 0 Å². The molecule has 4 nitrogen and oxygen atoms in total. The number of hydrogen-bond donors (Lipinski definition) is 2. The maximum atomic E-state index is 11.7. The molecule has 88 valence electrons. The standard InChI is InChI=1S/C10H13ClN2O2S/c1-7-5-9(3-4-10(7)12)16(14,15)13-6-8(2)11/h3-5,13H,2,6,12H2,1H3. The van der Waals surface area contributed by atoms with E-state index in [0.29, 0.717) is 11.3 Å². The van der Waals surface area contributed by atoms with Gasteiger partial charge in [0.2, 0.25) is 10.0 Å². The Kier molecular flexibility index (Phi) is 3.96. The molecule has 16 heavy (non-hydrogen) atoms. The molecule has 0 aliphatic heterocycles. The van der Waals surface area contributed by atoms with Crippen LogP contribution in [-0.4, -0.2) is 15.0 Å². The first-order chi connectivity index (χ1) is 7.33. The monoisotopic (exact) mass is 260 g/mol. The average molecular weight is 261 g/mol. The third kappa shape index (κ3) is 3.23. The van der Waals surface area contributed by atoms with Gasteiger partial charge in [-0.25, -0.2) is 13.1 Å². The maximum Gasteiger partial charge on any atom is 0.240 e. The van der Waals surface area contributed by atoms with E-state index in [1.807, 2.05) is 0 Å². The van der Waals surface area contributed by atoms with E-state index in [4.69, 9.17) is 17.3 Å². The Labute approximate surface area is 100 Å². The Bertz CT molecular complexity index is 512. The van der Waals surface area contributed by atoms with Crippen molar-refractivity contribution in [1.29, 1.82) is 0 Å². The fourth-order valence-corrected chi connectivity index (χ4v) is 2.33. The minimum absolute atomic E-state index is 0.00725. The van der Waals surface area contributed by atoms with Crippen LogP contribution in [0.4, 0.5) is 5.69 Å². The van der Waals surface area contributed by atoms with Crippen molar-refractivity contribution in [3.8, 4) is 0 Å². The van der Waals surface area contributed by atoms with E-state index in [1.165, 1.54) is 12.1 Å². The van der Waals surface area contributed by atoms with Crippen LogP contribution in [0.15, 0.2) is 34.7 Å². The molecule has 0 radical (unpaired) electrons. The summed E-state index contributed by atoms with van der Waals surface area (Å²) in [4.78, 5) is 0.164. The molecular formula is C10H13ClN2O2S. The summed E-state index contributed by atoms with van der Waals surface area (Å²) in [7, 11) is -3.55. The van der Waals surface area contributed by atoms with Gasteiger partial charge in [-0.05, 0) is 30.7 Å². The topological polar surface area (TPSA) is 72.2 Å². The normalized spacial score (nSPS) is 11.4. The molecule has 0 saturated carbocycles. The maximum absolute atomic E-state index is 11.7. The van der Waals surface area contributed by atoms with Gasteiger partial charge in [0, 0.05) is 17.3 Å². The number of nitrogens with one attached hydrogen (secondary N) is 1. The second-order valence-corrected chi connectivity index (χ2v) is 5.66. The van der Waals surface area contributed by atoms with Crippen molar-refractivity contribution in [2.45, 2.75) is 11.8 Å². The van der Waals surface area contributed by atoms with E-state index in [-0.39, 0.29) is 16.5 Å². The summed E-state index contributed by atoms with van der Waals surface area (Å²) in [6, 6.07) is 4.51. The lowest BCUT2D eigenvalue weighted by molar-refractivity contribution is 0.585. The molecule has 0 unspecified atom stereocenters. The number of hydrogen-bond acceptors (Lipinski definition) is 3. The zero-order chi connectivity index (χ0) is 12.3. The number of aryl methyl sites for hydroxylation is 1. The largest absolute Gasteiger partial charge is 0.399 e. The fraction of sp³-hybridized carbons (Fsp3) is 0.200. The summed E-state index contributed by atoms with van der Waals surface area (Å²) >= 11 is 5.49. The first kappa shape index (κ1) is 13.0. The molecule has 0 saturated heterocycles. The second-order valence-electron chi connectivity index (χ2n) is 3.36. The zero-order valence-electron chi connectivity index (χ0n) is 8.83. The van der Waals surface area contributed by atoms with Crippen LogP contribution in [0, 0.1) is 6.92 Å².